The number of benzene rings is 2. The molecule has 0 N–H and O–H groups in total. The molecule has 0 saturated carbocycles. The Hall–Kier alpha value is -2.02. The lowest BCUT2D eigenvalue weighted by atomic mass is 9.87. The van der Waals surface area contributed by atoms with Gasteiger partial charge in [0.25, 0.3) is 0 Å². The van der Waals surface area contributed by atoms with Crippen LogP contribution in [0, 0.1) is 6.92 Å². The van der Waals surface area contributed by atoms with Gasteiger partial charge >= 0.3 is 0 Å². The SMILES string of the molecule is Cc1ccc2c(c1)C1C=CCCC1N2c1ccccc1. The van der Waals surface area contributed by atoms with Gasteiger partial charge in [0.2, 0.25) is 0 Å². The van der Waals surface area contributed by atoms with E-state index >= 15 is 0 Å². The second-order valence-electron chi connectivity index (χ2n) is 5.87. The number of para-hydroxylation sites is 1. The van der Waals surface area contributed by atoms with Crippen LogP contribution in [-0.2, 0) is 0 Å². The highest BCUT2D eigenvalue weighted by molar-refractivity contribution is 5.74. The first kappa shape index (κ1) is 11.8. The molecule has 2 aromatic carbocycles. The van der Waals surface area contributed by atoms with Crippen LogP contribution in [0.2, 0.25) is 0 Å². The first-order valence-electron chi connectivity index (χ1n) is 7.46. The second kappa shape index (κ2) is 4.52. The summed E-state index contributed by atoms with van der Waals surface area (Å²) in [7, 11) is 0. The summed E-state index contributed by atoms with van der Waals surface area (Å²) < 4.78 is 0. The van der Waals surface area contributed by atoms with Gasteiger partial charge in [-0.05, 0) is 43.5 Å². The molecule has 0 aromatic heterocycles. The molecule has 0 radical (unpaired) electrons. The Morgan fingerprint density at radius 3 is 2.75 bits per heavy atom. The predicted octanol–water partition coefficient (Wildman–Crippen LogP) is 4.95. The van der Waals surface area contributed by atoms with Gasteiger partial charge in [-0.2, -0.15) is 0 Å². The molecule has 4 rings (SSSR count). The Morgan fingerprint density at radius 2 is 1.90 bits per heavy atom. The van der Waals surface area contributed by atoms with Crippen molar-refractivity contribution >= 4 is 11.4 Å². The van der Waals surface area contributed by atoms with E-state index in [0.717, 1.165) is 0 Å². The van der Waals surface area contributed by atoms with Gasteiger partial charge in [-0.1, -0.05) is 48.0 Å². The molecule has 100 valence electrons. The van der Waals surface area contributed by atoms with Gasteiger partial charge in [-0.3, -0.25) is 0 Å². The van der Waals surface area contributed by atoms with Gasteiger partial charge in [0.1, 0.15) is 0 Å². The van der Waals surface area contributed by atoms with Gasteiger partial charge in [0, 0.05) is 23.3 Å². The minimum absolute atomic E-state index is 0.554. The van der Waals surface area contributed by atoms with Crippen molar-refractivity contribution in [2.75, 3.05) is 4.90 Å². The van der Waals surface area contributed by atoms with Crippen LogP contribution in [0.5, 0.6) is 0 Å². The molecular weight excluding hydrogens is 242 g/mol. The van der Waals surface area contributed by atoms with Crippen LogP contribution in [0.3, 0.4) is 0 Å². The molecule has 0 amide bonds. The van der Waals surface area contributed by atoms with Gasteiger partial charge < -0.3 is 4.90 Å². The van der Waals surface area contributed by atoms with Crippen LogP contribution in [0.4, 0.5) is 11.4 Å². The van der Waals surface area contributed by atoms with Crippen LogP contribution in [-0.4, -0.2) is 6.04 Å². The molecule has 0 fully saturated rings. The molecule has 0 spiro atoms. The van der Waals surface area contributed by atoms with Crippen molar-refractivity contribution < 1.29 is 0 Å². The van der Waals surface area contributed by atoms with Crippen molar-refractivity contribution in [1.82, 2.24) is 0 Å². The number of allylic oxidation sites excluding steroid dienone is 1. The lowest BCUT2D eigenvalue weighted by molar-refractivity contribution is 0.565. The average Bonchev–Trinajstić information content (AvgIpc) is 2.82. The fourth-order valence-corrected chi connectivity index (χ4v) is 3.68. The molecule has 1 heteroatoms. The summed E-state index contributed by atoms with van der Waals surface area (Å²) in [6, 6.07) is 18.3. The lowest BCUT2D eigenvalue weighted by Gasteiger charge is -2.31. The zero-order valence-electron chi connectivity index (χ0n) is 11.8. The number of hydrogen-bond donors (Lipinski definition) is 0. The highest BCUT2D eigenvalue weighted by Crippen LogP contribution is 2.48. The van der Waals surface area contributed by atoms with Crippen LogP contribution >= 0.6 is 0 Å². The minimum Gasteiger partial charge on any atom is -0.337 e. The van der Waals surface area contributed by atoms with Gasteiger partial charge in [-0.15, -0.1) is 0 Å². The zero-order valence-corrected chi connectivity index (χ0v) is 11.8. The molecule has 1 aliphatic carbocycles. The maximum atomic E-state index is 2.54. The highest BCUT2D eigenvalue weighted by atomic mass is 15.2. The van der Waals surface area contributed by atoms with E-state index in [1.54, 1.807) is 0 Å². The van der Waals surface area contributed by atoms with Crippen LogP contribution in [0.1, 0.15) is 29.9 Å². The average molecular weight is 261 g/mol. The highest BCUT2D eigenvalue weighted by Gasteiger charge is 2.38. The number of hydrogen-bond acceptors (Lipinski definition) is 1. The molecule has 0 saturated heterocycles. The van der Waals surface area contributed by atoms with E-state index in [2.05, 4.69) is 72.5 Å². The molecule has 1 nitrogen and oxygen atoms in total. The molecule has 20 heavy (non-hydrogen) atoms. The fourth-order valence-electron chi connectivity index (χ4n) is 3.68. The summed E-state index contributed by atoms with van der Waals surface area (Å²) in [6.07, 6.45) is 7.19. The molecule has 1 heterocycles. The molecule has 0 bridgehead atoms. The van der Waals surface area contributed by atoms with E-state index in [4.69, 9.17) is 0 Å². The van der Waals surface area contributed by atoms with E-state index in [1.807, 2.05) is 0 Å². The smallest absolute Gasteiger partial charge is 0.0453 e. The topological polar surface area (TPSA) is 3.24 Å². The summed E-state index contributed by atoms with van der Waals surface area (Å²) in [6.45, 7) is 2.19. The number of nitrogens with zero attached hydrogens (tertiary/aromatic N) is 1. The maximum Gasteiger partial charge on any atom is 0.0453 e. The quantitative estimate of drug-likeness (QED) is 0.657. The first-order valence-corrected chi connectivity index (χ1v) is 7.46. The zero-order chi connectivity index (χ0) is 13.5. The van der Waals surface area contributed by atoms with Crippen LogP contribution in [0.15, 0.2) is 60.7 Å². The normalized spacial score (nSPS) is 23.6. The van der Waals surface area contributed by atoms with Gasteiger partial charge in [0.15, 0.2) is 0 Å². The van der Waals surface area contributed by atoms with Crippen molar-refractivity contribution in [2.45, 2.75) is 31.7 Å². The largest absolute Gasteiger partial charge is 0.337 e. The Kier molecular flexibility index (Phi) is 2.66. The van der Waals surface area contributed by atoms with E-state index in [0.29, 0.717) is 12.0 Å². The third-order valence-electron chi connectivity index (χ3n) is 4.55. The van der Waals surface area contributed by atoms with Crippen molar-refractivity contribution in [3.05, 3.63) is 71.8 Å². The summed E-state index contributed by atoms with van der Waals surface area (Å²) in [5.41, 5.74) is 5.56. The second-order valence-corrected chi connectivity index (χ2v) is 5.87. The van der Waals surface area contributed by atoms with Crippen LogP contribution in [0.25, 0.3) is 0 Å². The summed E-state index contributed by atoms with van der Waals surface area (Å²) >= 11 is 0. The van der Waals surface area contributed by atoms with Crippen molar-refractivity contribution in [3.63, 3.8) is 0 Å². The molecule has 2 unspecified atom stereocenters. The minimum atomic E-state index is 0.554. The van der Waals surface area contributed by atoms with E-state index in [-0.39, 0.29) is 0 Å². The number of anilines is 2. The number of fused-ring (bicyclic) bond motifs is 3. The van der Waals surface area contributed by atoms with Crippen molar-refractivity contribution in [2.24, 2.45) is 0 Å². The van der Waals surface area contributed by atoms with Crippen molar-refractivity contribution in [3.8, 4) is 0 Å². The monoisotopic (exact) mass is 261 g/mol. The summed E-state index contributed by atoms with van der Waals surface area (Å²) in [5.74, 6) is 0.554. The Bertz CT molecular complexity index is 657. The summed E-state index contributed by atoms with van der Waals surface area (Å²) in [4.78, 5) is 2.54. The third-order valence-corrected chi connectivity index (χ3v) is 4.55. The van der Waals surface area contributed by atoms with Crippen LogP contribution < -0.4 is 4.90 Å². The summed E-state index contributed by atoms with van der Waals surface area (Å²) in [5, 5.41) is 0. The maximum absolute atomic E-state index is 2.54. The first-order chi connectivity index (χ1) is 9.84. The molecule has 2 aliphatic rings. The number of rotatable bonds is 1. The molecule has 2 atom stereocenters. The predicted molar refractivity (Wildman–Crippen MR) is 84.7 cm³/mol. The Morgan fingerprint density at radius 1 is 1.05 bits per heavy atom. The van der Waals surface area contributed by atoms with E-state index in [9.17, 15) is 0 Å². The third kappa shape index (κ3) is 1.70. The molecule has 2 aromatic rings. The standard InChI is InChI=1S/C19H19N/c1-14-11-12-19-17(13-14)16-9-5-6-10-18(16)20(19)15-7-3-2-4-8-15/h2-5,7-9,11-13,16,18H,6,10H2,1H3. The van der Waals surface area contributed by atoms with Gasteiger partial charge in [0.05, 0.1) is 0 Å². The fraction of sp³-hybridized carbons (Fsp3) is 0.263. The Labute approximate surface area is 120 Å². The lowest BCUT2D eigenvalue weighted by Crippen LogP contribution is -2.30. The molecule has 1 aliphatic heterocycles. The Balaban J connectivity index is 1.89. The molecular formula is C19H19N. The van der Waals surface area contributed by atoms with E-state index in [1.165, 1.54) is 35.3 Å². The van der Waals surface area contributed by atoms with Gasteiger partial charge in [-0.25, -0.2) is 0 Å². The van der Waals surface area contributed by atoms with Crippen molar-refractivity contribution in [1.29, 1.82) is 0 Å². The van der Waals surface area contributed by atoms with E-state index < -0.39 is 0 Å². The number of aryl methyl sites for hydroxylation is 1.